The second kappa shape index (κ2) is 8.69. The number of carbonyl (C=O) groups is 2. The van der Waals surface area contributed by atoms with Crippen LogP contribution in [-0.4, -0.2) is 18.5 Å². The molecule has 3 amide bonds. The Labute approximate surface area is 151 Å². The first-order valence-corrected chi connectivity index (χ1v) is 8.48. The highest BCUT2D eigenvalue weighted by atomic mass is 79.9. The molecule has 0 saturated heterocycles. The molecule has 23 heavy (non-hydrogen) atoms. The molecule has 0 saturated carbocycles. The predicted octanol–water partition coefficient (Wildman–Crippen LogP) is 4.36. The van der Waals surface area contributed by atoms with Gasteiger partial charge in [0, 0.05) is 27.6 Å². The molecule has 0 radical (unpaired) electrons. The number of benzene rings is 2. The van der Waals surface area contributed by atoms with Gasteiger partial charge in [0.15, 0.2) is 0 Å². The molecule has 0 aliphatic heterocycles. The van der Waals surface area contributed by atoms with Crippen molar-refractivity contribution in [2.75, 3.05) is 17.2 Å². The fourth-order valence-electron chi connectivity index (χ4n) is 1.79. The Kier molecular flexibility index (Phi) is 6.61. The van der Waals surface area contributed by atoms with Gasteiger partial charge in [0.1, 0.15) is 0 Å². The standard InChI is InChI=1S/C16H15Br2N3O2/c17-11-6-7-13(18)14(10-11)21-15(22)8-9-19-16(23)20-12-4-2-1-3-5-12/h1-7,10H,8-9H2,(H,21,22)(H2,19,20,23). The van der Waals surface area contributed by atoms with Crippen LogP contribution in [0, 0.1) is 0 Å². The minimum Gasteiger partial charge on any atom is -0.337 e. The first-order valence-electron chi connectivity index (χ1n) is 6.89. The van der Waals surface area contributed by atoms with Crippen LogP contribution < -0.4 is 16.0 Å². The van der Waals surface area contributed by atoms with Crippen LogP contribution in [0.1, 0.15) is 6.42 Å². The molecule has 0 heterocycles. The lowest BCUT2D eigenvalue weighted by Gasteiger charge is -2.09. The highest BCUT2D eigenvalue weighted by Gasteiger charge is 2.07. The molecule has 5 nitrogen and oxygen atoms in total. The molecule has 120 valence electrons. The largest absolute Gasteiger partial charge is 0.337 e. The molecule has 0 spiro atoms. The SMILES string of the molecule is O=C(CCNC(=O)Nc1ccccc1)Nc1cc(Br)ccc1Br. The number of halogens is 2. The maximum absolute atomic E-state index is 11.9. The van der Waals surface area contributed by atoms with E-state index in [4.69, 9.17) is 0 Å². The van der Waals surface area contributed by atoms with Crippen molar-refractivity contribution in [3.8, 4) is 0 Å². The van der Waals surface area contributed by atoms with Gasteiger partial charge >= 0.3 is 6.03 Å². The smallest absolute Gasteiger partial charge is 0.319 e. The van der Waals surface area contributed by atoms with Crippen LogP contribution >= 0.6 is 31.9 Å². The Bertz CT molecular complexity index is 693. The van der Waals surface area contributed by atoms with E-state index >= 15 is 0 Å². The summed E-state index contributed by atoms with van der Waals surface area (Å²) in [6.07, 6.45) is 0.182. The highest BCUT2D eigenvalue weighted by molar-refractivity contribution is 9.11. The highest BCUT2D eigenvalue weighted by Crippen LogP contribution is 2.26. The van der Waals surface area contributed by atoms with Gasteiger partial charge in [-0.2, -0.15) is 0 Å². The minimum atomic E-state index is -0.340. The lowest BCUT2D eigenvalue weighted by Crippen LogP contribution is -2.31. The molecule has 0 aromatic heterocycles. The fraction of sp³-hybridized carbons (Fsp3) is 0.125. The van der Waals surface area contributed by atoms with Crippen LogP contribution in [0.15, 0.2) is 57.5 Å². The molecule has 2 rings (SSSR count). The molecule has 0 atom stereocenters. The molecule has 7 heteroatoms. The molecule has 0 fully saturated rings. The van der Waals surface area contributed by atoms with Crippen LogP contribution in [0.2, 0.25) is 0 Å². The minimum absolute atomic E-state index is 0.177. The number of amides is 3. The molecule has 0 aliphatic carbocycles. The van der Waals surface area contributed by atoms with E-state index in [1.807, 2.05) is 30.3 Å². The maximum atomic E-state index is 11.9. The van der Waals surface area contributed by atoms with Crippen molar-refractivity contribution in [2.45, 2.75) is 6.42 Å². The van der Waals surface area contributed by atoms with Gasteiger partial charge in [-0.3, -0.25) is 4.79 Å². The van der Waals surface area contributed by atoms with E-state index in [-0.39, 0.29) is 24.9 Å². The molecular weight excluding hydrogens is 426 g/mol. The third-order valence-corrected chi connectivity index (χ3v) is 4.06. The van der Waals surface area contributed by atoms with Gasteiger partial charge in [-0.1, -0.05) is 34.1 Å². The number of urea groups is 1. The van der Waals surface area contributed by atoms with Crippen LogP contribution in [0.3, 0.4) is 0 Å². The fourth-order valence-corrected chi connectivity index (χ4v) is 2.50. The number of anilines is 2. The third-order valence-electron chi connectivity index (χ3n) is 2.87. The summed E-state index contributed by atoms with van der Waals surface area (Å²) in [5.41, 5.74) is 1.38. The van der Waals surface area contributed by atoms with E-state index < -0.39 is 0 Å². The van der Waals surface area contributed by atoms with E-state index in [1.165, 1.54) is 0 Å². The van der Waals surface area contributed by atoms with Gasteiger partial charge in [0.05, 0.1) is 5.69 Å². The second-order valence-corrected chi connectivity index (χ2v) is 6.44. The van der Waals surface area contributed by atoms with Gasteiger partial charge in [0.2, 0.25) is 5.91 Å². The molecule has 0 aliphatic rings. The molecule has 2 aromatic rings. The van der Waals surface area contributed by atoms with E-state index in [2.05, 4.69) is 47.8 Å². The Balaban J connectivity index is 1.74. The second-order valence-electron chi connectivity index (χ2n) is 4.67. The van der Waals surface area contributed by atoms with Crippen LogP contribution in [0.25, 0.3) is 0 Å². The average Bonchev–Trinajstić information content (AvgIpc) is 2.52. The zero-order valence-corrected chi connectivity index (χ0v) is 15.3. The summed E-state index contributed by atoms with van der Waals surface area (Å²) < 4.78 is 1.67. The van der Waals surface area contributed by atoms with Crippen molar-refractivity contribution in [1.29, 1.82) is 0 Å². The average molecular weight is 441 g/mol. The van der Waals surface area contributed by atoms with E-state index in [0.29, 0.717) is 11.4 Å². The Morgan fingerprint density at radius 2 is 1.70 bits per heavy atom. The monoisotopic (exact) mass is 439 g/mol. The third kappa shape index (κ3) is 6.03. The summed E-state index contributed by atoms with van der Waals surface area (Å²) in [6.45, 7) is 0.246. The first kappa shape index (κ1) is 17.5. The summed E-state index contributed by atoms with van der Waals surface area (Å²) in [5, 5.41) is 8.12. The normalized spacial score (nSPS) is 10.0. The quantitative estimate of drug-likeness (QED) is 0.646. The number of carbonyl (C=O) groups excluding carboxylic acids is 2. The molecule has 0 bridgehead atoms. The Hall–Kier alpha value is -1.86. The van der Waals surface area contributed by atoms with E-state index in [1.54, 1.807) is 18.2 Å². The lowest BCUT2D eigenvalue weighted by atomic mass is 10.3. The van der Waals surface area contributed by atoms with Gasteiger partial charge in [-0.15, -0.1) is 0 Å². The molecular formula is C16H15Br2N3O2. The zero-order chi connectivity index (χ0) is 16.7. The van der Waals surface area contributed by atoms with E-state index in [9.17, 15) is 9.59 Å². The van der Waals surface area contributed by atoms with Crippen molar-refractivity contribution in [2.24, 2.45) is 0 Å². The summed E-state index contributed by atoms with van der Waals surface area (Å²) in [4.78, 5) is 23.6. The van der Waals surface area contributed by atoms with Gasteiger partial charge in [0.25, 0.3) is 0 Å². The van der Waals surface area contributed by atoms with E-state index in [0.717, 1.165) is 8.95 Å². The van der Waals surface area contributed by atoms with Crippen molar-refractivity contribution in [1.82, 2.24) is 5.32 Å². The molecule has 0 unspecified atom stereocenters. The zero-order valence-electron chi connectivity index (χ0n) is 12.1. The van der Waals surface area contributed by atoms with Crippen molar-refractivity contribution >= 4 is 55.2 Å². The number of rotatable bonds is 5. The first-order chi connectivity index (χ1) is 11.0. The van der Waals surface area contributed by atoms with Crippen LogP contribution in [-0.2, 0) is 4.79 Å². The van der Waals surface area contributed by atoms with Crippen molar-refractivity contribution in [3.05, 3.63) is 57.5 Å². The van der Waals surface area contributed by atoms with Gasteiger partial charge < -0.3 is 16.0 Å². The maximum Gasteiger partial charge on any atom is 0.319 e. The molecule has 2 aromatic carbocycles. The summed E-state index contributed by atoms with van der Waals surface area (Å²) in [5.74, 6) is -0.177. The van der Waals surface area contributed by atoms with Crippen LogP contribution in [0.4, 0.5) is 16.2 Å². The Morgan fingerprint density at radius 1 is 0.957 bits per heavy atom. The lowest BCUT2D eigenvalue weighted by molar-refractivity contribution is -0.116. The topological polar surface area (TPSA) is 70.2 Å². The van der Waals surface area contributed by atoms with Gasteiger partial charge in [-0.25, -0.2) is 4.79 Å². The summed E-state index contributed by atoms with van der Waals surface area (Å²) >= 11 is 6.72. The van der Waals surface area contributed by atoms with Crippen molar-refractivity contribution < 1.29 is 9.59 Å². The summed E-state index contributed by atoms with van der Waals surface area (Å²) in [6, 6.07) is 14.3. The number of hydrogen-bond donors (Lipinski definition) is 3. The number of nitrogens with one attached hydrogen (secondary N) is 3. The number of para-hydroxylation sites is 1. The van der Waals surface area contributed by atoms with Gasteiger partial charge in [-0.05, 0) is 46.3 Å². The molecule has 3 N–H and O–H groups in total. The van der Waals surface area contributed by atoms with Crippen molar-refractivity contribution in [3.63, 3.8) is 0 Å². The number of hydrogen-bond acceptors (Lipinski definition) is 2. The summed E-state index contributed by atoms with van der Waals surface area (Å²) in [7, 11) is 0. The Morgan fingerprint density at radius 3 is 2.43 bits per heavy atom. The predicted molar refractivity (Wildman–Crippen MR) is 98.6 cm³/mol. The van der Waals surface area contributed by atoms with Crippen LogP contribution in [0.5, 0.6) is 0 Å².